The molecule has 0 aliphatic heterocycles. The predicted octanol–water partition coefficient (Wildman–Crippen LogP) is 7.17. The first-order valence-electron chi connectivity index (χ1n) is 21.0. The second kappa shape index (κ2) is 24.6. The molecule has 64 heavy (non-hydrogen) atoms. The van der Waals surface area contributed by atoms with Gasteiger partial charge in [-0.25, -0.2) is 9.59 Å². The predicted molar refractivity (Wildman–Crippen MR) is 273 cm³/mol. The van der Waals surface area contributed by atoms with Crippen LogP contribution in [-0.2, 0) is 28.6 Å². The average molecular weight is 1030 g/mol. The van der Waals surface area contributed by atoms with Crippen molar-refractivity contribution in [1.82, 2.24) is 0 Å². The zero-order valence-corrected chi connectivity index (χ0v) is 43.4. The second-order valence-electron chi connectivity index (χ2n) is 17.7. The monoisotopic (exact) mass is 1030 g/mol. The Hall–Kier alpha value is -4.58. The molecule has 6 aromatic rings. The van der Waals surface area contributed by atoms with Gasteiger partial charge < -0.3 is 31.2 Å². The minimum Gasteiger partial charge on any atom is -1.00 e. The van der Waals surface area contributed by atoms with Gasteiger partial charge in [-0.2, -0.15) is 0 Å². The molecule has 0 saturated carbocycles. The van der Waals surface area contributed by atoms with E-state index in [4.69, 9.17) is 14.2 Å². The number of carbonyl (C=O) groups is 3. The molecule has 0 aromatic heterocycles. The number of rotatable bonds is 10. The molecule has 0 fully saturated rings. The van der Waals surface area contributed by atoms with E-state index >= 15 is 0 Å². The summed E-state index contributed by atoms with van der Waals surface area (Å²) < 4.78 is 16.3. The summed E-state index contributed by atoms with van der Waals surface area (Å²) in [5.74, 6) is 1.15. The second-order valence-corrected chi connectivity index (χ2v) is 25.0. The van der Waals surface area contributed by atoms with Gasteiger partial charge in [-0.3, -0.25) is 4.79 Å². The number of benzene rings is 6. The molecule has 6 rings (SSSR count). The highest BCUT2D eigenvalue weighted by molar-refractivity contribution is 9.09. The number of hydrogen-bond acceptors (Lipinski definition) is 6. The van der Waals surface area contributed by atoms with Crippen molar-refractivity contribution in [2.75, 3.05) is 11.5 Å². The fourth-order valence-electron chi connectivity index (χ4n) is 6.85. The minimum atomic E-state index is -2.29. The quantitative estimate of drug-likeness (QED) is 0.0628. The van der Waals surface area contributed by atoms with Crippen molar-refractivity contribution < 1.29 is 45.6 Å². The molecule has 0 aliphatic carbocycles. The van der Waals surface area contributed by atoms with Crippen molar-refractivity contribution >= 4 is 85.6 Å². The Bertz CT molecular complexity index is 2180. The summed E-state index contributed by atoms with van der Waals surface area (Å²) in [5.41, 5.74) is -1.39. The standard InChI is InChI=1S/C24H26O2P.C24H25O2P.C6H11BrO2.BrH/c2*1-24(2,3)26-23(25)19-27(20-13-7-4-8-14-20,21-15-9-5-10-16-21)22-17-11-6-12-18-22;1-6(2,3)9-5(8)4-7;/h4-18H,19H2,1-3H3;4-19H,1-3H3;4H2,1-3H3;1H/q+1;;;/p-1. The van der Waals surface area contributed by atoms with E-state index in [0.29, 0.717) is 6.16 Å². The Balaban J connectivity index is 0.000000283. The molecule has 0 spiro atoms. The van der Waals surface area contributed by atoms with E-state index in [9.17, 15) is 14.4 Å². The van der Waals surface area contributed by atoms with E-state index < -0.39 is 25.4 Å². The Kier molecular flexibility index (Phi) is 20.7. The lowest BCUT2D eigenvalue weighted by atomic mass is 10.2. The number of hydrogen-bond donors (Lipinski definition) is 0. The van der Waals surface area contributed by atoms with Gasteiger partial charge >= 0.3 is 17.9 Å². The summed E-state index contributed by atoms with van der Waals surface area (Å²) in [6.07, 6.45) is 0.350. The van der Waals surface area contributed by atoms with Gasteiger partial charge in [0.1, 0.15) is 45.3 Å². The minimum absolute atomic E-state index is 0. The zero-order valence-electron chi connectivity index (χ0n) is 38.4. The third-order valence-corrected chi connectivity index (χ3v) is 17.8. The fraction of sp³-hybridized carbons (Fsp3) is 0.259. The molecule has 10 heteroatoms. The molecule has 6 aromatic carbocycles. The van der Waals surface area contributed by atoms with E-state index in [-0.39, 0.29) is 45.8 Å². The lowest BCUT2D eigenvalue weighted by Gasteiger charge is -2.29. The average Bonchev–Trinajstić information content (AvgIpc) is 3.25. The molecule has 0 amide bonds. The van der Waals surface area contributed by atoms with Gasteiger partial charge in [0, 0.05) is 5.80 Å². The van der Waals surface area contributed by atoms with E-state index in [1.165, 1.54) is 15.9 Å². The van der Waals surface area contributed by atoms with Crippen molar-refractivity contribution in [2.45, 2.75) is 79.1 Å². The fourth-order valence-corrected chi connectivity index (χ4v) is 14.5. The maximum atomic E-state index is 13.0. The number of halogens is 2. The van der Waals surface area contributed by atoms with E-state index in [1.54, 1.807) is 0 Å². The van der Waals surface area contributed by atoms with Gasteiger partial charge in [0.15, 0.2) is 6.16 Å². The van der Waals surface area contributed by atoms with Crippen molar-refractivity contribution in [3.05, 3.63) is 182 Å². The maximum absolute atomic E-state index is 13.0. The largest absolute Gasteiger partial charge is 1.00 e. The SMILES string of the molecule is CC(C)(C)OC(=O)C=P(c1ccccc1)(c1ccccc1)c1ccccc1.CC(C)(C)OC(=O)CBr.CC(C)(C)OC(=O)C[P+](c1ccccc1)(c1ccccc1)c1ccccc1.[Br-]. The Morgan fingerprint density at radius 1 is 0.453 bits per heavy atom. The highest BCUT2D eigenvalue weighted by atomic mass is 79.9. The molecular weight excluding hydrogens is 966 g/mol. The first kappa shape index (κ1) is 53.8. The Labute approximate surface area is 401 Å². The number of carbonyl (C=O) groups excluding carboxylic acids is 3. The van der Waals surface area contributed by atoms with Gasteiger partial charge in [0.25, 0.3) is 0 Å². The van der Waals surface area contributed by atoms with Crippen LogP contribution in [0.15, 0.2) is 182 Å². The number of alkyl halides is 1. The van der Waals surface area contributed by atoms with Crippen LogP contribution in [-0.4, -0.2) is 52.0 Å². The van der Waals surface area contributed by atoms with E-state index in [1.807, 2.05) is 177 Å². The van der Waals surface area contributed by atoms with Crippen LogP contribution < -0.4 is 48.8 Å². The molecule has 0 aliphatic rings. The van der Waals surface area contributed by atoms with Crippen molar-refractivity contribution in [1.29, 1.82) is 0 Å². The van der Waals surface area contributed by atoms with Gasteiger partial charge in [0.05, 0.1) is 0 Å². The van der Waals surface area contributed by atoms with Crippen molar-refractivity contribution in [3.63, 3.8) is 0 Å². The van der Waals surface area contributed by atoms with Gasteiger partial charge in [-0.1, -0.05) is 162 Å². The lowest BCUT2D eigenvalue weighted by molar-refractivity contribution is -0.152. The molecule has 6 nitrogen and oxygen atoms in total. The topological polar surface area (TPSA) is 78.9 Å². The highest BCUT2D eigenvalue weighted by Crippen LogP contribution is 2.55. The summed E-state index contributed by atoms with van der Waals surface area (Å²) in [5, 5.41) is 7.23. The molecule has 0 N–H and O–H groups in total. The first-order valence-corrected chi connectivity index (χ1v) is 25.9. The third kappa shape index (κ3) is 16.1. The van der Waals surface area contributed by atoms with Crippen LogP contribution in [0.5, 0.6) is 0 Å². The third-order valence-electron chi connectivity index (χ3n) is 9.10. The van der Waals surface area contributed by atoms with Crippen LogP contribution in [0, 0.1) is 0 Å². The van der Waals surface area contributed by atoms with Crippen LogP contribution in [0.1, 0.15) is 62.3 Å². The van der Waals surface area contributed by atoms with Gasteiger partial charge in [-0.15, -0.1) is 0 Å². The number of ether oxygens (including phenoxy) is 3. The van der Waals surface area contributed by atoms with Crippen LogP contribution >= 0.6 is 30.1 Å². The van der Waals surface area contributed by atoms with E-state index in [2.05, 4.69) is 88.7 Å². The van der Waals surface area contributed by atoms with Crippen LogP contribution in [0.2, 0.25) is 0 Å². The number of esters is 3. The molecule has 0 radical (unpaired) electrons. The Morgan fingerprint density at radius 3 is 0.969 bits per heavy atom. The summed E-state index contributed by atoms with van der Waals surface area (Å²) in [4.78, 5) is 36.5. The molecule has 0 bridgehead atoms. The molecule has 0 saturated heterocycles. The van der Waals surface area contributed by atoms with E-state index in [0.717, 1.165) is 15.9 Å². The first-order chi connectivity index (χ1) is 29.8. The van der Waals surface area contributed by atoms with Crippen molar-refractivity contribution in [2.24, 2.45) is 0 Å². The maximum Gasteiger partial charge on any atom is 0.345 e. The zero-order chi connectivity index (χ0) is 46.2. The summed E-state index contributed by atoms with van der Waals surface area (Å²) in [6, 6.07) is 61.9. The molecule has 0 heterocycles. The normalized spacial score (nSPS) is 11.5. The Morgan fingerprint density at radius 2 is 0.719 bits per heavy atom. The molecule has 0 unspecified atom stereocenters. The van der Waals surface area contributed by atoms with Gasteiger partial charge in [-0.05, 0) is 122 Å². The summed E-state index contributed by atoms with van der Waals surface area (Å²) in [6.45, 7) is 14.7. The lowest BCUT2D eigenvalue weighted by Crippen LogP contribution is -3.00. The van der Waals surface area contributed by atoms with Gasteiger partial charge in [0.2, 0.25) is 0 Å². The summed E-state index contributed by atoms with van der Waals surface area (Å²) in [7, 11) is -2.17. The molecule has 0 atom stereocenters. The molecular formula is C54H62Br2O6P2. The molecule has 338 valence electrons. The van der Waals surface area contributed by atoms with Crippen molar-refractivity contribution in [3.8, 4) is 0 Å². The van der Waals surface area contributed by atoms with Crippen LogP contribution in [0.4, 0.5) is 0 Å². The van der Waals surface area contributed by atoms with Crippen LogP contribution in [0.3, 0.4) is 0 Å². The van der Waals surface area contributed by atoms with Crippen LogP contribution in [0.25, 0.3) is 0 Å². The smallest absolute Gasteiger partial charge is 0.345 e. The summed E-state index contributed by atoms with van der Waals surface area (Å²) >= 11 is 2.99. The highest BCUT2D eigenvalue weighted by Gasteiger charge is 2.48.